The van der Waals surface area contributed by atoms with E-state index in [1.54, 1.807) is 13.2 Å². The Morgan fingerprint density at radius 1 is 1.38 bits per heavy atom. The van der Waals surface area contributed by atoms with E-state index >= 15 is 0 Å². The summed E-state index contributed by atoms with van der Waals surface area (Å²) in [5, 5.41) is 3.19. The zero-order valence-electron chi connectivity index (χ0n) is 12.6. The van der Waals surface area contributed by atoms with Gasteiger partial charge in [0, 0.05) is 10.5 Å². The van der Waals surface area contributed by atoms with Gasteiger partial charge in [-0.1, -0.05) is 6.42 Å². The first-order valence-corrected chi connectivity index (χ1v) is 8.52. The SMILES string of the molecule is COc1ccc(Br)c(C(=O)N[C@H](C)[C@@H]2C[C@@H]3CC[C@@H]2C3)c1. The van der Waals surface area contributed by atoms with Crippen molar-refractivity contribution in [3.63, 3.8) is 0 Å². The zero-order valence-corrected chi connectivity index (χ0v) is 14.2. The monoisotopic (exact) mass is 351 g/mol. The molecule has 0 spiro atoms. The molecule has 3 nitrogen and oxygen atoms in total. The maximum atomic E-state index is 12.5. The highest BCUT2D eigenvalue weighted by Gasteiger charge is 2.42. The van der Waals surface area contributed by atoms with Crippen LogP contribution in [0.25, 0.3) is 0 Å². The Balaban J connectivity index is 1.68. The number of amides is 1. The Morgan fingerprint density at radius 3 is 2.81 bits per heavy atom. The number of hydrogen-bond donors (Lipinski definition) is 1. The maximum absolute atomic E-state index is 12.5. The lowest BCUT2D eigenvalue weighted by atomic mass is 9.84. The molecular weight excluding hydrogens is 330 g/mol. The average molecular weight is 352 g/mol. The molecule has 2 aliphatic carbocycles. The minimum absolute atomic E-state index is 0.0175. The highest BCUT2D eigenvalue weighted by molar-refractivity contribution is 9.10. The molecule has 0 unspecified atom stereocenters. The van der Waals surface area contributed by atoms with E-state index < -0.39 is 0 Å². The van der Waals surface area contributed by atoms with Gasteiger partial charge in [0.15, 0.2) is 0 Å². The van der Waals surface area contributed by atoms with E-state index in [2.05, 4.69) is 28.2 Å². The molecule has 1 aromatic rings. The molecule has 2 aliphatic rings. The smallest absolute Gasteiger partial charge is 0.252 e. The van der Waals surface area contributed by atoms with Crippen molar-refractivity contribution in [3.8, 4) is 5.75 Å². The van der Waals surface area contributed by atoms with Crippen LogP contribution < -0.4 is 10.1 Å². The summed E-state index contributed by atoms with van der Waals surface area (Å²) in [5.41, 5.74) is 0.643. The first-order valence-electron chi connectivity index (χ1n) is 7.73. The molecule has 1 amide bonds. The van der Waals surface area contributed by atoms with Gasteiger partial charge in [0.05, 0.1) is 12.7 Å². The van der Waals surface area contributed by atoms with Crippen molar-refractivity contribution in [1.82, 2.24) is 5.32 Å². The summed E-state index contributed by atoms with van der Waals surface area (Å²) in [6.07, 6.45) is 5.39. The van der Waals surface area contributed by atoms with Crippen LogP contribution in [0.2, 0.25) is 0 Å². The summed E-state index contributed by atoms with van der Waals surface area (Å²) >= 11 is 3.45. The second-order valence-electron chi connectivity index (χ2n) is 6.45. The lowest BCUT2D eigenvalue weighted by Gasteiger charge is -2.28. The van der Waals surface area contributed by atoms with Crippen LogP contribution in [0.1, 0.15) is 43.0 Å². The third kappa shape index (κ3) is 2.96. The third-order valence-corrected chi connectivity index (χ3v) is 5.90. The third-order valence-electron chi connectivity index (χ3n) is 5.21. The first kappa shape index (κ1) is 14.9. The summed E-state index contributed by atoms with van der Waals surface area (Å²) in [5.74, 6) is 3.06. The van der Waals surface area contributed by atoms with Crippen molar-refractivity contribution < 1.29 is 9.53 Å². The normalized spacial score (nSPS) is 28.4. The number of nitrogens with one attached hydrogen (secondary N) is 1. The van der Waals surface area contributed by atoms with Crippen LogP contribution in [0.15, 0.2) is 22.7 Å². The Hall–Kier alpha value is -1.03. The fourth-order valence-electron chi connectivity index (χ4n) is 4.10. The highest BCUT2D eigenvalue weighted by atomic mass is 79.9. The van der Waals surface area contributed by atoms with E-state index in [9.17, 15) is 4.79 Å². The minimum atomic E-state index is -0.0175. The number of ether oxygens (including phenoxy) is 1. The van der Waals surface area contributed by atoms with Gasteiger partial charge in [-0.3, -0.25) is 4.79 Å². The fourth-order valence-corrected chi connectivity index (χ4v) is 4.53. The molecule has 0 aromatic heterocycles. The molecule has 2 saturated carbocycles. The van der Waals surface area contributed by atoms with Gasteiger partial charge in [0.25, 0.3) is 5.91 Å². The van der Waals surface area contributed by atoms with Gasteiger partial charge in [0.2, 0.25) is 0 Å². The minimum Gasteiger partial charge on any atom is -0.497 e. The zero-order chi connectivity index (χ0) is 15.0. The van der Waals surface area contributed by atoms with Crippen LogP contribution >= 0.6 is 15.9 Å². The Labute approximate surface area is 134 Å². The summed E-state index contributed by atoms with van der Waals surface area (Å²) in [6.45, 7) is 2.15. The van der Waals surface area contributed by atoms with Crippen molar-refractivity contribution >= 4 is 21.8 Å². The highest BCUT2D eigenvalue weighted by Crippen LogP contribution is 2.49. The van der Waals surface area contributed by atoms with Crippen molar-refractivity contribution in [1.29, 1.82) is 0 Å². The molecule has 114 valence electrons. The predicted octanol–water partition coefficient (Wildman–Crippen LogP) is 4.01. The lowest BCUT2D eigenvalue weighted by Crippen LogP contribution is -2.40. The number of benzene rings is 1. The summed E-state index contributed by atoms with van der Waals surface area (Å²) in [6, 6.07) is 5.73. The van der Waals surface area contributed by atoms with Gasteiger partial charge < -0.3 is 10.1 Å². The molecule has 1 aromatic carbocycles. The number of hydrogen-bond acceptors (Lipinski definition) is 2. The number of fused-ring (bicyclic) bond motifs is 2. The molecular formula is C17H22BrNO2. The lowest BCUT2D eigenvalue weighted by molar-refractivity contribution is 0.0914. The molecule has 0 aliphatic heterocycles. The molecule has 1 N–H and O–H groups in total. The number of carbonyl (C=O) groups is 1. The quantitative estimate of drug-likeness (QED) is 0.889. The van der Waals surface area contributed by atoms with Crippen molar-refractivity contribution in [2.24, 2.45) is 17.8 Å². The van der Waals surface area contributed by atoms with Crippen LogP contribution in [0, 0.1) is 17.8 Å². The Morgan fingerprint density at radius 2 is 2.19 bits per heavy atom. The molecule has 2 bridgehead atoms. The molecule has 21 heavy (non-hydrogen) atoms. The topological polar surface area (TPSA) is 38.3 Å². The first-order chi connectivity index (χ1) is 10.1. The number of carbonyl (C=O) groups excluding carboxylic acids is 1. The fraction of sp³-hybridized carbons (Fsp3) is 0.588. The van der Waals surface area contributed by atoms with Gasteiger partial charge in [-0.05, 0) is 78.1 Å². The van der Waals surface area contributed by atoms with Crippen molar-refractivity contribution in [3.05, 3.63) is 28.2 Å². The van der Waals surface area contributed by atoms with E-state index in [-0.39, 0.29) is 11.9 Å². The van der Waals surface area contributed by atoms with Gasteiger partial charge in [-0.25, -0.2) is 0 Å². The van der Waals surface area contributed by atoms with E-state index in [1.807, 2.05) is 12.1 Å². The Kier molecular flexibility index (Phi) is 4.25. The molecule has 0 heterocycles. The van der Waals surface area contributed by atoms with E-state index in [4.69, 9.17) is 4.74 Å². The second kappa shape index (κ2) is 5.99. The van der Waals surface area contributed by atoms with E-state index in [1.165, 1.54) is 25.7 Å². The van der Waals surface area contributed by atoms with Crippen LogP contribution in [-0.4, -0.2) is 19.1 Å². The van der Waals surface area contributed by atoms with Gasteiger partial charge in [-0.15, -0.1) is 0 Å². The van der Waals surface area contributed by atoms with Crippen molar-refractivity contribution in [2.75, 3.05) is 7.11 Å². The molecule has 0 saturated heterocycles. The average Bonchev–Trinajstić information content (AvgIpc) is 3.10. The molecule has 3 rings (SSSR count). The van der Waals surface area contributed by atoms with Crippen LogP contribution in [0.3, 0.4) is 0 Å². The van der Waals surface area contributed by atoms with Crippen LogP contribution in [-0.2, 0) is 0 Å². The number of methoxy groups -OCH3 is 1. The summed E-state index contributed by atoms with van der Waals surface area (Å²) in [7, 11) is 1.61. The molecule has 0 radical (unpaired) electrons. The standard InChI is InChI=1S/C17H22BrNO2/c1-10(14-8-11-3-4-12(14)7-11)19-17(20)15-9-13(21-2)5-6-16(15)18/h5-6,9-12,14H,3-4,7-8H2,1-2H3,(H,19,20)/t10-,11-,12-,14+/m1/s1. The summed E-state index contributed by atoms with van der Waals surface area (Å²) in [4.78, 5) is 12.5. The molecule has 4 heteroatoms. The van der Waals surface area contributed by atoms with E-state index in [0.717, 1.165) is 16.3 Å². The van der Waals surface area contributed by atoms with E-state index in [0.29, 0.717) is 17.2 Å². The largest absolute Gasteiger partial charge is 0.497 e. The summed E-state index contributed by atoms with van der Waals surface area (Å²) < 4.78 is 6.01. The predicted molar refractivity (Wildman–Crippen MR) is 86.6 cm³/mol. The molecule has 2 fully saturated rings. The number of halogens is 1. The van der Waals surface area contributed by atoms with Gasteiger partial charge in [-0.2, -0.15) is 0 Å². The number of rotatable bonds is 4. The van der Waals surface area contributed by atoms with Crippen LogP contribution in [0.5, 0.6) is 5.75 Å². The molecule has 4 atom stereocenters. The Bertz CT molecular complexity index is 546. The maximum Gasteiger partial charge on any atom is 0.252 e. The van der Waals surface area contributed by atoms with Gasteiger partial charge in [0.1, 0.15) is 5.75 Å². The van der Waals surface area contributed by atoms with Gasteiger partial charge >= 0.3 is 0 Å². The van der Waals surface area contributed by atoms with Crippen molar-refractivity contribution in [2.45, 2.75) is 38.6 Å². The van der Waals surface area contributed by atoms with Crippen LogP contribution in [0.4, 0.5) is 0 Å². The second-order valence-corrected chi connectivity index (χ2v) is 7.30.